The van der Waals surface area contributed by atoms with Gasteiger partial charge in [0.2, 0.25) is 5.91 Å². The SMILES string of the molecule is C[C@@H]1CC[C@H](NC(=O)C2(NC(=O)c3cc4sccc4s3)CCCCC2)[C@@H](O)CN1S(=O)(=O)c1ccccn1. The van der Waals surface area contributed by atoms with E-state index in [1.807, 2.05) is 17.5 Å². The highest BCUT2D eigenvalue weighted by Crippen LogP contribution is 2.33. The van der Waals surface area contributed by atoms with E-state index in [9.17, 15) is 23.1 Å². The number of thiophene rings is 2. The highest BCUT2D eigenvalue weighted by atomic mass is 32.2. The molecule has 0 aromatic carbocycles. The molecule has 12 heteroatoms. The molecule has 4 heterocycles. The van der Waals surface area contributed by atoms with Crippen LogP contribution in [0.3, 0.4) is 0 Å². The Balaban J connectivity index is 1.32. The first-order valence-electron chi connectivity index (χ1n) is 12.9. The molecule has 2 aliphatic rings. The molecule has 3 aromatic rings. The monoisotopic (exact) mass is 576 g/mol. The summed E-state index contributed by atoms with van der Waals surface area (Å²) in [6.07, 6.45) is 4.83. The zero-order chi connectivity index (χ0) is 26.9. The summed E-state index contributed by atoms with van der Waals surface area (Å²) < 4.78 is 29.8. The van der Waals surface area contributed by atoms with E-state index in [1.165, 1.54) is 27.9 Å². The van der Waals surface area contributed by atoms with E-state index >= 15 is 0 Å². The van der Waals surface area contributed by atoms with Crippen molar-refractivity contribution in [2.45, 2.75) is 80.6 Å². The Bertz CT molecular complexity index is 1370. The number of nitrogens with zero attached hydrogens (tertiary/aromatic N) is 2. The quantitative estimate of drug-likeness (QED) is 0.412. The fraction of sp³-hybridized carbons (Fsp3) is 0.500. The molecule has 1 aliphatic carbocycles. The van der Waals surface area contributed by atoms with Gasteiger partial charge in [-0.1, -0.05) is 25.3 Å². The fourth-order valence-electron chi connectivity index (χ4n) is 5.40. The molecule has 5 rings (SSSR count). The Morgan fingerprint density at radius 1 is 1.13 bits per heavy atom. The molecule has 0 unspecified atom stereocenters. The van der Waals surface area contributed by atoms with Crippen molar-refractivity contribution in [1.29, 1.82) is 0 Å². The molecule has 1 saturated carbocycles. The number of carbonyl (C=O) groups excluding carboxylic acids is 2. The van der Waals surface area contributed by atoms with Crippen LogP contribution < -0.4 is 10.6 Å². The van der Waals surface area contributed by atoms with E-state index in [0.717, 1.165) is 28.7 Å². The van der Waals surface area contributed by atoms with Crippen LogP contribution in [-0.4, -0.2) is 64.9 Å². The topological polar surface area (TPSA) is 129 Å². The molecule has 9 nitrogen and oxygen atoms in total. The van der Waals surface area contributed by atoms with E-state index in [4.69, 9.17) is 0 Å². The number of hydrogen-bond donors (Lipinski definition) is 3. The van der Waals surface area contributed by atoms with Crippen LogP contribution in [-0.2, 0) is 14.8 Å². The van der Waals surface area contributed by atoms with Gasteiger partial charge in [-0.05, 0) is 62.3 Å². The number of carbonyl (C=O) groups is 2. The maximum Gasteiger partial charge on any atom is 0.262 e. The summed E-state index contributed by atoms with van der Waals surface area (Å²) >= 11 is 2.99. The van der Waals surface area contributed by atoms with Gasteiger partial charge < -0.3 is 15.7 Å². The first-order valence-corrected chi connectivity index (χ1v) is 16.0. The highest BCUT2D eigenvalue weighted by Gasteiger charge is 2.44. The van der Waals surface area contributed by atoms with Gasteiger partial charge in [0.25, 0.3) is 15.9 Å². The molecular weight excluding hydrogens is 545 g/mol. The zero-order valence-electron chi connectivity index (χ0n) is 21.1. The molecule has 1 aliphatic heterocycles. The Morgan fingerprint density at radius 3 is 2.63 bits per heavy atom. The number of fused-ring (bicyclic) bond motifs is 1. The summed E-state index contributed by atoms with van der Waals surface area (Å²) in [5.41, 5.74) is -1.07. The molecule has 0 spiro atoms. The van der Waals surface area contributed by atoms with E-state index in [0.29, 0.717) is 30.6 Å². The van der Waals surface area contributed by atoms with Crippen molar-refractivity contribution in [1.82, 2.24) is 19.9 Å². The van der Waals surface area contributed by atoms with Crippen LogP contribution >= 0.6 is 22.7 Å². The molecule has 3 N–H and O–H groups in total. The second-order valence-electron chi connectivity index (χ2n) is 10.2. The zero-order valence-corrected chi connectivity index (χ0v) is 23.6. The van der Waals surface area contributed by atoms with Crippen LogP contribution in [0.1, 0.15) is 61.5 Å². The standard InChI is InChI=1S/C26H32N4O5S3/c1-17-8-9-18(19(31)16-30(17)38(34,35)23-7-3-6-13-27-23)28-25(33)26(11-4-2-5-12-26)29-24(32)22-15-21-20(37-22)10-14-36-21/h3,6-7,10,13-15,17-19,31H,2,4-5,8-9,11-12,16H2,1H3,(H,28,33)(H,29,32)/t17-,18+,19+/m1/s1. The lowest BCUT2D eigenvalue weighted by Crippen LogP contribution is -2.62. The number of amides is 2. The number of aromatic nitrogens is 1. The number of sulfonamides is 1. The molecule has 1 saturated heterocycles. The molecule has 3 atom stereocenters. The largest absolute Gasteiger partial charge is 0.390 e. The van der Waals surface area contributed by atoms with Gasteiger partial charge in [0, 0.05) is 28.2 Å². The third kappa shape index (κ3) is 5.37. The second kappa shape index (κ2) is 11.0. The van der Waals surface area contributed by atoms with Gasteiger partial charge in [0.1, 0.15) is 5.54 Å². The number of rotatable bonds is 6. The summed E-state index contributed by atoms with van der Waals surface area (Å²) in [5, 5.41) is 19.0. The maximum absolute atomic E-state index is 13.7. The minimum Gasteiger partial charge on any atom is -0.390 e. The number of aliphatic hydroxyl groups is 1. The number of aliphatic hydroxyl groups excluding tert-OH is 1. The second-order valence-corrected chi connectivity index (χ2v) is 14.0. The fourth-order valence-corrected chi connectivity index (χ4v) is 9.02. The van der Waals surface area contributed by atoms with Crippen LogP contribution in [0.15, 0.2) is 46.9 Å². The third-order valence-corrected chi connectivity index (χ3v) is 11.6. The lowest BCUT2D eigenvalue weighted by atomic mass is 9.80. The molecule has 38 heavy (non-hydrogen) atoms. The summed E-state index contributed by atoms with van der Waals surface area (Å²) in [6, 6.07) is 7.51. The predicted octanol–water partition coefficient (Wildman–Crippen LogP) is 3.51. The van der Waals surface area contributed by atoms with Gasteiger partial charge in [-0.15, -0.1) is 22.7 Å². The summed E-state index contributed by atoms with van der Waals surface area (Å²) in [5.74, 6) is -0.584. The average molecular weight is 577 g/mol. The third-order valence-electron chi connectivity index (χ3n) is 7.60. The van der Waals surface area contributed by atoms with Crippen LogP contribution in [0.2, 0.25) is 0 Å². The smallest absolute Gasteiger partial charge is 0.262 e. The number of β-amino-alcohol motifs (C(OH)–C–C–N with tert-alkyl or cyclic N) is 1. The number of hydrogen-bond acceptors (Lipinski definition) is 8. The van der Waals surface area contributed by atoms with Crippen LogP contribution in [0, 0.1) is 0 Å². The molecule has 3 aromatic heterocycles. The summed E-state index contributed by atoms with van der Waals surface area (Å²) in [6.45, 7) is 1.64. The van der Waals surface area contributed by atoms with E-state index in [-0.39, 0.29) is 29.4 Å². The van der Waals surface area contributed by atoms with Crippen molar-refractivity contribution >= 4 is 53.9 Å². The Kier molecular flexibility index (Phi) is 7.88. The Morgan fingerprint density at radius 2 is 1.92 bits per heavy atom. The van der Waals surface area contributed by atoms with E-state index in [1.54, 1.807) is 30.4 Å². The molecule has 0 bridgehead atoms. The van der Waals surface area contributed by atoms with Crippen LogP contribution in [0.4, 0.5) is 0 Å². The van der Waals surface area contributed by atoms with Crippen molar-refractivity contribution in [2.75, 3.05) is 6.54 Å². The lowest BCUT2D eigenvalue weighted by Gasteiger charge is -2.38. The normalized spacial score (nSPS) is 24.5. The van der Waals surface area contributed by atoms with Crippen molar-refractivity contribution < 1.29 is 23.1 Å². The Labute approximate surface area is 230 Å². The predicted molar refractivity (Wildman–Crippen MR) is 148 cm³/mol. The molecule has 204 valence electrons. The van der Waals surface area contributed by atoms with Crippen LogP contribution in [0.5, 0.6) is 0 Å². The average Bonchev–Trinajstić information content (AvgIpc) is 3.49. The van der Waals surface area contributed by atoms with Gasteiger partial charge in [0.15, 0.2) is 5.03 Å². The van der Waals surface area contributed by atoms with Crippen molar-refractivity contribution in [2.24, 2.45) is 0 Å². The number of pyridine rings is 1. The molecule has 2 amide bonds. The summed E-state index contributed by atoms with van der Waals surface area (Å²) in [7, 11) is -3.91. The van der Waals surface area contributed by atoms with Crippen molar-refractivity contribution in [3.63, 3.8) is 0 Å². The van der Waals surface area contributed by atoms with E-state index < -0.39 is 27.7 Å². The van der Waals surface area contributed by atoms with Crippen molar-refractivity contribution in [3.05, 3.63) is 46.8 Å². The van der Waals surface area contributed by atoms with Gasteiger partial charge in [0.05, 0.1) is 17.0 Å². The maximum atomic E-state index is 13.7. The van der Waals surface area contributed by atoms with E-state index in [2.05, 4.69) is 15.6 Å². The molecule has 2 fully saturated rings. The Hall–Kier alpha value is -2.38. The minimum absolute atomic E-state index is 0.0705. The minimum atomic E-state index is -3.91. The molecular formula is C26H32N4O5S3. The highest BCUT2D eigenvalue weighted by molar-refractivity contribution is 7.89. The first-order chi connectivity index (χ1) is 18.2. The number of nitrogens with one attached hydrogen (secondary N) is 2. The van der Waals surface area contributed by atoms with Gasteiger partial charge >= 0.3 is 0 Å². The van der Waals surface area contributed by atoms with Gasteiger partial charge in [-0.2, -0.15) is 4.31 Å². The van der Waals surface area contributed by atoms with Crippen LogP contribution in [0.25, 0.3) is 9.40 Å². The van der Waals surface area contributed by atoms with Crippen molar-refractivity contribution in [3.8, 4) is 0 Å². The lowest BCUT2D eigenvalue weighted by molar-refractivity contribution is -0.130. The summed E-state index contributed by atoms with van der Waals surface area (Å²) in [4.78, 5) is 31.5. The first kappa shape index (κ1) is 27.2. The van der Waals surface area contributed by atoms with Gasteiger partial charge in [-0.3, -0.25) is 9.59 Å². The molecule has 0 radical (unpaired) electrons. The van der Waals surface area contributed by atoms with Gasteiger partial charge in [-0.25, -0.2) is 13.4 Å².